The molecule has 0 radical (unpaired) electrons. The fraction of sp³-hybridized carbons (Fsp3) is 0.273. The van der Waals surface area contributed by atoms with Crippen molar-refractivity contribution >= 4 is 29.3 Å². The van der Waals surface area contributed by atoms with Gasteiger partial charge in [-0.25, -0.2) is 0 Å². The van der Waals surface area contributed by atoms with Gasteiger partial charge in [-0.2, -0.15) is 0 Å². The molecule has 0 unspecified atom stereocenters. The maximum Gasteiger partial charge on any atom is 0.251 e. The summed E-state index contributed by atoms with van der Waals surface area (Å²) in [4.78, 5) is 24.6. The third-order valence-electron chi connectivity index (χ3n) is 4.62. The van der Waals surface area contributed by atoms with Crippen molar-refractivity contribution in [2.75, 3.05) is 11.1 Å². The molecule has 156 valence electrons. The van der Waals surface area contributed by atoms with Gasteiger partial charge in [0.2, 0.25) is 5.91 Å². The molecule has 0 saturated carbocycles. The predicted octanol–water partition coefficient (Wildman–Crippen LogP) is 3.60. The Balaban J connectivity index is 1.55. The van der Waals surface area contributed by atoms with Crippen molar-refractivity contribution in [2.45, 2.75) is 31.5 Å². The Hall–Kier alpha value is -3.13. The average Bonchev–Trinajstić information content (AvgIpc) is 3.14. The molecule has 1 aromatic heterocycles. The standard InChI is InChI=1S/C22H25N5O2S/c1-4-16-10-12-18(13-11-16)24-19(28)14-30-22-26-25-20(27(22)3)15(2)23-21(29)17-8-6-5-7-9-17/h5-13,15H,4,14H2,1-3H3,(H,23,29)(H,24,28)/t15-/m0/s1. The monoisotopic (exact) mass is 423 g/mol. The summed E-state index contributed by atoms with van der Waals surface area (Å²) in [5, 5.41) is 14.8. The van der Waals surface area contributed by atoms with Gasteiger partial charge in [-0.05, 0) is 43.2 Å². The number of carbonyl (C=O) groups excluding carboxylic acids is 2. The number of rotatable bonds is 8. The van der Waals surface area contributed by atoms with Gasteiger partial charge in [0.1, 0.15) is 0 Å². The SMILES string of the molecule is CCc1ccc(NC(=O)CSc2nnc([C@H](C)NC(=O)c3ccccc3)n2C)cc1. The Kier molecular flexibility index (Phi) is 7.24. The summed E-state index contributed by atoms with van der Waals surface area (Å²) in [6.45, 7) is 3.94. The molecule has 2 N–H and O–H groups in total. The second kappa shape index (κ2) is 10.1. The van der Waals surface area contributed by atoms with Crippen LogP contribution in [-0.2, 0) is 18.3 Å². The van der Waals surface area contributed by atoms with Gasteiger partial charge >= 0.3 is 0 Å². The normalized spacial score (nSPS) is 11.7. The summed E-state index contributed by atoms with van der Waals surface area (Å²) in [7, 11) is 1.82. The van der Waals surface area contributed by atoms with E-state index in [9.17, 15) is 9.59 Å². The van der Waals surface area contributed by atoms with E-state index in [1.165, 1.54) is 17.3 Å². The van der Waals surface area contributed by atoms with Crippen LogP contribution in [0.2, 0.25) is 0 Å². The second-order valence-corrected chi connectivity index (χ2v) is 7.79. The number of benzene rings is 2. The lowest BCUT2D eigenvalue weighted by atomic mass is 10.1. The number of hydrogen-bond donors (Lipinski definition) is 2. The van der Waals surface area contributed by atoms with Crippen molar-refractivity contribution in [3.8, 4) is 0 Å². The largest absolute Gasteiger partial charge is 0.342 e. The summed E-state index contributed by atoms with van der Waals surface area (Å²) in [5.41, 5.74) is 2.58. The van der Waals surface area contributed by atoms with Crippen LogP contribution in [0.1, 0.15) is 41.6 Å². The van der Waals surface area contributed by atoms with Gasteiger partial charge in [0.25, 0.3) is 5.91 Å². The predicted molar refractivity (Wildman–Crippen MR) is 118 cm³/mol. The summed E-state index contributed by atoms with van der Waals surface area (Å²) in [6, 6.07) is 16.5. The second-order valence-electron chi connectivity index (χ2n) is 6.85. The van der Waals surface area contributed by atoms with Crippen molar-refractivity contribution in [3.63, 3.8) is 0 Å². The molecule has 3 rings (SSSR count). The molecule has 0 fully saturated rings. The maximum absolute atomic E-state index is 12.3. The highest BCUT2D eigenvalue weighted by molar-refractivity contribution is 7.99. The van der Waals surface area contributed by atoms with Crippen LogP contribution >= 0.6 is 11.8 Å². The fourth-order valence-corrected chi connectivity index (χ4v) is 3.63. The van der Waals surface area contributed by atoms with Gasteiger partial charge in [0, 0.05) is 18.3 Å². The van der Waals surface area contributed by atoms with Gasteiger partial charge in [0.05, 0.1) is 11.8 Å². The molecule has 8 heteroatoms. The van der Waals surface area contributed by atoms with E-state index in [0.717, 1.165) is 12.1 Å². The van der Waals surface area contributed by atoms with E-state index in [0.29, 0.717) is 16.5 Å². The van der Waals surface area contributed by atoms with E-state index in [4.69, 9.17) is 0 Å². The van der Waals surface area contributed by atoms with Gasteiger partial charge in [-0.1, -0.05) is 49.0 Å². The minimum Gasteiger partial charge on any atom is -0.342 e. The number of hydrogen-bond acceptors (Lipinski definition) is 5. The molecule has 30 heavy (non-hydrogen) atoms. The Morgan fingerprint density at radius 2 is 1.77 bits per heavy atom. The number of anilines is 1. The molecule has 1 heterocycles. The molecule has 0 spiro atoms. The number of thioether (sulfide) groups is 1. The van der Waals surface area contributed by atoms with E-state index in [2.05, 4.69) is 27.8 Å². The van der Waals surface area contributed by atoms with Crippen LogP contribution in [0, 0.1) is 0 Å². The zero-order chi connectivity index (χ0) is 21.5. The van der Waals surface area contributed by atoms with Crippen LogP contribution in [0.15, 0.2) is 59.8 Å². The molecule has 2 amide bonds. The third-order valence-corrected chi connectivity index (χ3v) is 5.64. The highest BCUT2D eigenvalue weighted by atomic mass is 32.2. The van der Waals surface area contributed by atoms with E-state index in [1.807, 2.05) is 56.4 Å². The molecule has 7 nitrogen and oxygen atoms in total. The van der Waals surface area contributed by atoms with E-state index >= 15 is 0 Å². The number of nitrogens with one attached hydrogen (secondary N) is 2. The molecule has 3 aromatic rings. The Morgan fingerprint density at radius 3 is 2.43 bits per heavy atom. The van der Waals surface area contributed by atoms with Crippen molar-refractivity contribution in [1.29, 1.82) is 0 Å². The van der Waals surface area contributed by atoms with Crippen molar-refractivity contribution in [1.82, 2.24) is 20.1 Å². The van der Waals surface area contributed by atoms with Crippen molar-refractivity contribution < 1.29 is 9.59 Å². The average molecular weight is 424 g/mol. The van der Waals surface area contributed by atoms with Crippen LogP contribution in [0.4, 0.5) is 5.69 Å². The first kappa shape index (κ1) is 21.6. The summed E-state index contributed by atoms with van der Waals surface area (Å²) in [5.74, 6) is 0.553. The highest BCUT2D eigenvalue weighted by Crippen LogP contribution is 2.20. The number of amides is 2. The Morgan fingerprint density at radius 1 is 1.07 bits per heavy atom. The molecular formula is C22H25N5O2S. The van der Waals surface area contributed by atoms with E-state index in [1.54, 1.807) is 16.7 Å². The number of aromatic nitrogens is 3. The molecule has 1 atom stereocenters. The minimum atomic E-state index is -0.324. The molecule has 0 saturated heterocycles. The van der Waals surface area contributed by atoms with Crippen LogP contribution in [-0.4, -0.2) is 32.3 Å². The lowest BCUT2D eigenvalue weighted by molar-refractivity contribution is -0.113. The minimum absolute atomic E-state index is 0.112. The Bertz CT molecular complexity index is 1000. The van der Waals surface area contributed by atoms with Crippen LogP contribution < -0.4 is 10.6 Å². The zero-order valence-corrected chi connectivity index (χ0v) is 18.1. The first-order valence-corrected chi connectivity index (χ1v) is 10.7. The summed E-state index contributed by atoms with van der Waals surface area (Å²) < 4.78 is 1.80. The molecule has 0 aliphatic heterocycles. The number of carbonyl (C=O) groups is 2. The number of nitrogens with zero attached hydrogens (tertiary/aromatic N) is 3. The van der Waals surface area contributed by atoms with Gasteiger partial charge in [0.15, 0.2) is 11.0 Å². The first-order valence-electron chi connectivity index (χ1n) is 9.74. The molecule has 0 bridgehead atoms. The van der Waals surface area contributed by atoms with Crippen LogP contribution in [0.25, 0.3) is 0 Å². The van der Waals surface area contributed by atoms with Gasteiger partial charge < -0.3 is 15.2 Å². The topological polar surface area (TPSA) is 88.9 Å². The van der Waals surface area contributed by atoms with Crippen LogP contribution in [0.3, 0.4) is 0 Å². The van der Waals surface area contributed by atoms with E-state index < -0.39 is 0 Å². The van der Waals surface area contributed by atoms with Gasteiger partial charge in [-0.3, -0.25) is 9.59 Å². The zero-order valence-electron chi connectivity index (χ0n) is 17.3. The van der Waals surface area contributed by atoms with Gasteiger partial charge in [-0.15, -0.1) is 10.2 Å². The Labute approximate surface area is 180 Å². The summed E-state index contributed by atoms with van der Waals surface area (Å²) >= 11 is 1.30. The molecular weight excluding hydrogens is 398 g/mol. The van der Waals surface area contributed by atoms with Crippen molar-refractivity contribution in [3.05, 3.63) is 71.5 Å². The fourth-order valence-electron chi connectivity index (χ4n) is 2.91. The van der Waals surface area contributed by atoms with Crippen LogP contribution in [0.5, 0.6) is 0 Å². The molecule has 2 aromatic carbocycles. The number of aryl methyl sites for hydroxylation is 1. The summed E-state index contributed by atoms with van der Waals surface area (Å²) in [6.07, 6.45) is 0.961. The maximum atomic E-state index is 12.3. The quantitative estimate of drug-likeness (QED) is 0.541. The molecule has 0 aliphatic rings. The third kappa shape index (κ3) is 5.48. The molecule has 0 aliphatic carbocycles. The first-order chi connectivity index (χ1) is 14.5. The smallest absolute Gasteiger partial charge is 0.251 e. The highest BCUT2D eigenvalue weighted by Gasteiger charge is 2.19. The lowest BCUT2D eigenvalue weighted by Crippen LogP contribution is -2.28. The van der Waals surface area contributed by atoms with Crippen molar-refractivity contribution in [2.24, 2.45) is 7.05 Å². The lowest BCUT2D eigenvalue weighted by Gasteiger charge is -2.13. The van der Waals surface area contributed by atoms with E-state index in [-0.39, 0.29) is 23.6 Å².